The lowest BCUT2D eigenvalue weighted by Crippen LogP contribution is -2.13. The highest BCUT2D eigenvalue weighted by molar-refractivity contribution is 6.15. The summed E-state index contributed by atoms with van der Waals surface area (Å²) in [7, 11) is 2.82. The van der Waals surface area contributed by atoms with Crippen LogP contribution in [-0.4, -0.2) is 36.1 Å². The van der Waals surface area contributed by atoms with Crippen LogP contribution in [0.15, 0.2) is 42.0 Å². The molecule has 0 spiro atoms. The van der Waals surface area contributed by atoms with Crippen molar-refractivity contribution in [3.8, 4) is 11.5 Å². The van der Waals surface area contributed by atoms with Crippen molar-refractivity contribution in [2.75, 3.05) is 14.2 Å². The van der Waals surface area contributed by atoms with Crippen molar-refractivity contribution in [1.82, 2.24) is 4.98 Å². The second-order valence-electron chi connectivity index (χ2n) is 6.66. The Morgan fingerprint density at radius 3 is 2.71 bits per heavy atom. The van der Waals surface area contributed by atoms with Crippen LogP contribution in [0.4, 0.5) is 0 Å². The molecule has 6 heteroatoms. The fourth-order valence-corrected chi connectivity index (χ4v) is 3.61. The molecule has 1 aromatic heterocycles. The number of aryl methyl sites for hydroxylation is 1. The van der Waals surface area contributed by atoms with Gasteiger partial charge in [-0.1, -0.05) is 12.1 Å². The number of fused-ring (bicyclic) bond motifs is 3. The molecule has 0 aliphatic heterocycles. The van der Waals surface area contributed by atoms with Crippen LogP contribution in [0.1, 0.15) is 38.4 Å². The summed E-state index contributed by atoms with van der Waals surface area (Å²) < 4.78 is 9.89. The van der Waals surface area contributed by atoms with Gasteiger partial charge in [-0.05, 0) is 54.3 Å². The first-order chi connectivity index (χ1) is 13.5. The number of rotatable bonds is 3. The lowest BCUT2D eigenvalue weighted by molar-refractivity contribution is 0.0600. The maximum absolute atomic E-state index is 13.0. The smallest absolute Gasteiger partial charge is 0.337 e. The number of phenolic OH excluding ortho intramolecular Hbond substituents is 1. The molecule has 0 bridgehead atoms. The van der Waals surface area contributed by atoms with Crippen LogP contribution in [-0.2, 0) is 11.2 Å². The molecular formula is C22H19NO5. The number of allylic oxidation sites excluding steroid dienone is 1. The summed E-state index contributed by atoms with van der Waals surface area (Å²) in [6, 6.07) is 10.2. The lowest BCUT2D eigenvalue weighted by atomic mass is 9.89. The standard InChI is InChI=1S/C22H19NO5/c1-27-19-10-12(3-8-18(19)24)9-13-4-7-16-15-6-5-14(22(26)28-2)11-17(15)23-20(16)21(13)25/h3,5-6,8-11,23-24H,4,7H2,1-2H3/b13-9+. The number of esters is 1. The molecule has 0 atom stereocenters. The molecule has 1 heterocycles. The van der Waals surface area contributed by atoms with E-state index in [-0.39, 0.29) is 11.5 Å². The lowest BCUT2D eigenvalue weighted by Gasteiger charge is -2.14. The SMILES string of the molecule is COC(=O)c1ccc2c3c([nH]c2c1)C(=O)/C(=C/c1ccc(O)c(OC)c1)CC3. The first kappa shape index (κ1) is 17.9. The summed E-state index contributed by atoms with van der Waals surface area (Å²) in [5.74, 6) is -0.0649. The average molecular weight is 377 g/mol. The van der Waals surface area contributed by atoms with E-state index in [1.165, 1.54) is 14.2 Å². The topological polar surface area (TPSA) is 88.6 Å². The molecule has 0 amide bonds. The van der Waals surface area contributed by atoms with Gasteiger partial charge in [-0.25, -0.2) is 4.79 Å². The first-order valence-corrected chi connectivity index (χ1v) is 8.87. The van der Waals surface area contributed by atoms with Gasteiger partial charge in [-0.3, -0.25) is 4.79 Å². The van der Waals surface area contributed by atoms with E-state index >= 15 is 0 Å². The third-order valence-electron chi connectivity index (χ3n) is 5.03. The van der Waals surface area contributed by atoms with Crippen LogP contribution < -0.4 is 4.74 Å². The predicted molar refractivity (Wildman–Crippen MR) is 105 cm³/mol. The number of ketones is 1. The van der Waals surface area contributed by atoms with Crippen molar-refractivity contribution in [3.63, 3.8) is 0 Å². The molecular weight excluding hydrogens is 358 g/mol. The maximum atomic E-state index is 13.0. The third kappa shape index (κ3) is 2.93. The second kappa shape index (κ2) is 6.88. The number of aromatic hydroxyl groups is 1. The van der Waals surface area contributed by atoms with Crippen LogP contribution in [0.25, 0.3) is 17.0 Å². The van der Waals surface area contributed by atoms with E-state index in [1.54, 1.807) is 30.3 Å². The van der Waals surface area contributed by atoms with Gasteiger partial charge in [-0.15, -0.1) is 0 Å². The molecule has 1 aliphatic carbocycles. The van der Waals surface area contributed by atoms with E-state index in [0.29, 0.717) is 29.0 Å². The van der Waals surface area contributed by atoms with Crippen molar-refractivity contribution >= 4 is 28.7 Å². The number of aromatic amines is 1. The zero-order valence-electron chi connectivity index (χ0n) is 15.5. The van der Waals surface area contributed by atoms with Crippen molar-refractivity contribution in [2.45, 2.75) is 12.8 Å². The number of carbonyl (C=O) groups is 2. The number of carbonyl (C=O) groups excluding carboxylic acids is 2. The summed E-state index contributed by atoms with van der Waals surface area (Å²) >= 11 is 0. The summed E-state index contributed by atoms with van der Waals surface area (Å²) in [5.41, 5.74) is 4.17. The number of ether oxygens (including phenoxy) is 2. The number of methoxy groups -OCH3 is 2. The van der Waals surface area contributed by atoms with Crippen LogP contribution in [0.5, 0.6) is 11.5 Å². The minimum Gasteiger partial charge on any atom is -0.504 e. The number of H-pyrrole nitrogens is 1. The van der Waals surface area contributed by atoms with Gasteiger partial charge in [0.1, 0.15) is 0 Å². The zero-order chi connectivity index (χ0) is 19.8. The quantitative estimate of drug-likeness (QED) is 0.534. The summed E-state index contributed by atoms with van der Waals surface area (Å²) in [5, 5.41) is 10.7. The first-order valence-electron chi connectivity index (χ1n) is 8.87. The summed E-state index contributed by atoms with van der Waals surface area (Å²) in [4.78, 5) is 27.9. The van der Waals surface area contributed by atoms with Gasteiger partial charge in [-0.2, -0.15) is 0 Å². The van der Waals surface area contributed by atoms with Crippen molar-refractivity contribution in [2.24, 2.45) is 0 Å². The van der Waals surface area contributed by atoms with Crippen molar-refractivity contribution in [3.05, 3.63) is 64.4 Å². The Balaban J connectivity index is 1.73. The van der Waals surface area contributed by atoms with Gasteiger partial charge in [0.25, 0.3) is 0 Å². The van der Waals surface area contributed by atoms with Gasteiger partial charge in [0.2, 0.25) is 5.78 Å². The van der Waals surface area contributed by atoms with Gasteiger partial charge in [0.05, 0.1) is 25.5 Å². The van der Waals surface area contributed by atoms with E-state index in [0.717, 1.165) is 28.5 Å². The normalized spacial score (nSPS) is 14.9. The molecule has 142 valence electrons. The Morgan fingerprint density at radius 2 is 1.96 bits per heavy atom. The second-order valence-corrected chi connectivity index (χ2v) is 6.66. The fourth-order valence-electron chi connectivity index (χ4n) is 3.61. The number of Topliss-reactive ketones (excluding diaryl/α,β-unsaturated/α-hetero) is 1. The van der Waals surface area contributed by atoms with E-state index < -0.39 is 5.97 Å². The third-order valence-corrected chi connectivity index (χ3v) is 5.03. The van der Waals surface area contributed by atoms with Gasteiger partial charge in [0, 0.05) is 16.5 Å². The minimum atomic E-state index is -0.414. The number of hydrogen-bond donors (Lipinski definition) is 2. The maximum Gasteiger partial charge on any atom is 0.337 e. The predicted octanol–water partition coefficient (Wildman–Crippen LogP) is 3.88. The minimum absolute atomic E-state index is 0.0546. The highest BCUT2D eigenvalue weighted by atomic mass is 16.5. The van der Waals surface area contributed by atoms with E-state index in [1.807, 2.05) is 12.1 Å². The molecule has 2 N–H and O–H groups in total. The van der Waals surface area contributed by atoms with Crippen LogP contribution >= 0.6 is 0 Å². The molecule has 0 unspecified atom stereocenters. The Kier molecular flexibility index (Phi) is 4.39. The number of phenols is 1. The Morgan fingerprint density at radius 1 is 1.14 bits per heavy atom. The van der Waals surface area contributed by atoms with Crippen LogP contribution in [0, 0.1) is 0 Å². The fraction of sp³-hybridized carbons (Fsp3) is 0.182. The molecule has 0 saturated heterocycles. The molecule has 0 fully saturated rings. The molecule has 4 rings (SSSR count). The van der Waals surface area contributed by atoms with Gasteiger partial charge >= 0.3 is 5.97 Å². The van der Waals surface area contributed by atoms with Crippen LogP contribution in [0.2, 0.25) is 0 Å². The van der Waals surface area contributed by atoms with Gasteiger partial charge in [0.15, 0.2) is 11.5 Å². The highest BCUT2D eigenvalue weighted by Gasteiger charge is 2.26. The van der Waals surface area contributed by atoms with E-state index in [9.17, 15) is 14.7 Å². The Bertz CT molecular complexity index is 1140. The van der Waals surface area contributed by atoms with Gasteiger partial charge < -0.3 is 19.6 Å². The van der Waals surface area contributed by atoms with E-state index in [2.05, 4.69) is 4.98 Å². The largest absolute Gasteiger partial charge is 0.504 e. The molecule has 6 nitrogen and oxygen atoms in total. The highest BCUT2D eigenvalue weighted by Crippen LogP contribution is 2.34. The molecule has 3 aromatic rings. The van der Waals surface area contributed by atoms with Crippen molar-refractivity contribution in [1.29, 1.82) is 0 Å². The molecule has 0 saturated carbocycles. The Hall–Kier alpha value is -3.54. The Labute approximate surface area is 161 Å². The number of nitrogens with one attached hydrogen (secondary N) is 1. The summed E-state index contributed by atoms with van der Waals surface area (Å²) in [6.07, 6.45) is 3.15. The number of benzene rings is 2. The summed E-state index contributed by atoms with van der Waals surface area (Å²) in [6.45, 7) is 0. The van der Waals surface area contributed by atoms with Crippen molar-refractivity contribution < 1.29 is 24.2 Å². The monoisotopic (exact) mass is 377 g/mol. The van der Waals surface area contributed by atoms with Crippen LogP contribution in [0.3, 0.4) is 0 Å². The average Bonchev–Trinajstić information content (AvgIpc) is 3.09. The molecule has 28 heavy (non-hydrogen) atoms. The zero-order valence-corrected chi connectivity index (χ0v) is 15.5. The molecule has 1 aliphatic rings. The van der Waals surface area contributed by atoms with E-state index in [4.69, 9.17) is 9.47 Å². The number of hydrogen-bond acceptors (Lipinski definition) is 5. The molecule has 2 aromatic carbocycles. The number of aromatic nitrogens is 1. The molecule has 0 radical (unpaired) electrons.